The molecule has 1 aromatic heterocycles. The smallest absolute Gasteiger partial charge is 0.329 e. The molecule has 1 fully saturated rings. The Balaban J connectivity index is 1.77. The van der Waals surface area contributed by atoms with Crippen LogP contribution in [-0.2, 0) is 16.0 Å². The minimum Gasteiger partial charge on any atom is -0.480 e. The topological polar surface area (TPSA) is 82.2 Å². The summed E-state index contributed by atoms with van der Waals surface area (Å²) in [6.45, 7) is 0. The largest absolute Gasteiger partial charge is 0.480 e. The van der Waals surface area contributed by atoms with Crippen LogP contribution in [0.4, 0.5) is 0 Å². The van der Waals surface area contributed by atoms with Gasteiger partial charge in [0.15, 0.2) is 0 Å². The summed E-state index contributed by atoms with van der Waals surface area (Å²) in [5.41, 5.74) is 0.580. The van der Waals surface area contributed by atoms with Crippen molar-refractivity contribution in [2.45, 2.75) is 24.8 Å². The first kappa shape index (κ1) is 16.2. The summed E-state index contributed by atoms with van der Waals surface area (Å²) in [7, 11) is 0. The zero-order valence-electron chi connectivity index (χ0n) is 12.4. The molecule has 0 spiro atoms. The molecule has 3 rings (SSSR count). The van der Waals surface area contributed by atoms with Gasteiger partial charge in [0.2, 0.25) is 5.91 Å². The van der Waals surface area contributed by atoms with Crippen LogP contribution in [0.1, 0.15) is 18.4 Å². The van der Waals surface area contributed by atoms with Gasteiger partial charge >= 0.3 is 5.97 Å². The lowest BCUT2D eigenvalue weighted by atomic mass is 9.92. The molecule has 23 heavy (non-hydrogen) atoms. The van der Waals surface area contributed by atoms with Gasteiger partial charge in [-0.25, -0.2) is 4.79 Å². The third-order valence-electron chi connectivity index (χ3n) is 4.21. The lowest BCUT2D eigenvalue weighted by Crippen LogP contribution is -2.56. The highest BCUT2D eigenvalue weighted by atomic mass is 35.5. The van der Waals surface area contributed by atoms with Gasteiger partial charge in [0, 0.05) is 22.1 Å². The average molecular weight is 353 g/mol. The number of H-pyrrole nitrogens is 1. The molecule has 0 saturated carbocycles. The van der Waals surface area contributed by atoms with E-state index >= 15 is 0 Å². The number of thioether (sulfide) groups is 1. The molecule has 122 valence electrons. The molecule has 0 aliphatic carbocycles. The number of aromatic amines is 1. The van der Waals surface area contributed by atoms with E-state index in [2.05, 4.69) is 10.3 Å². The number of carboxylic acids is 1. The Morgan fingerprint density at radius 2 is 2.09 bits per heavy atom. The summed E-state index contributed by atoms with van der Waals surface area (Å²) in [5, 5.41) is 13.8. The van der Waals surface area contributed by atoms with Crippen LogP contribution in [0.3, 0.4) is 0 Å². The van der Waals surface area contributed by atoms with Crippen LogP contribution in [-0.4, -0.2) is 39.0 Å². The van der Waals surface area contributed by atoms with Gasteiger partial charge in [-0.1, -0.05) is 11.6 Å². The van der Waals surface area contributed by atoms with E-state index in [1.165, 1.54) is 0 Å². The third-order valence-corrected chi connectivity index (χ3v) is 5.44. The highest BCUT2D eigenvalue weighted by Crippen LogP contribution is 2.28. The number of amides is 1. The number of carbonyl (C=O) groups is 2. The van der Waals surface area contributed by atoms with Gasteiger partial charge < -0.3 is 15.4 Å². The van der Waals surface area contributed by atoms with E-state index in [0.717, 1.165) is 28.0 Å². The number of nitrogens with one attached hydrogen (secondary N) is 2. The number of fused-ring (bicyclic) bond motifs is 1. The molecule has 0 radical (unpaired) electrons. The number of rotatable bonds is 4. The number of aromatic nitrogens is 1. The Kier molecular flexibility index (Phi) is 4.55. The summed E-state index contributed by atoms with van der Waals surface area (Å²) in [5.74, 6) is 0.262. The molecular formula is C16H17ClN2O3S. The fraction of sp³-hybridized carbons (Fsp3) is 0.375. The summed E-state index contributed by atoms with van der Waals surface area (Å²) >= 11 is 7.73. The molecule has 2 heterocycles. The number of carbonyl (C=O) groups excluding carboxylic acids is 1. The molecule has 0 atom stereocenters. The zero-order valence-corrected chi connectivity index (χ0v) is 14.0. The first-order chi connectivity index (χ1) is 11.0. The van der Waals surface area contributed by atoms with Crippen molar-refractivity contribution in [3.8, 4) is 0 Å². The van der Waals surface area contributed by atoms with Gasteiger partial charge in [-0.05, 0) is 48.1 Å². The molecule has 5 nitrogen and oxygen atoms in total. The maximum atomic E-state index is 12.4. The van der Waals surface area contributed by atoms with Crippen LogP contribution in [0, 0.1) is 0 Å². The van der Waals surface area contributed by atoms with E-state index < -0.39 is 11.5 Å². The van der Waals surface area contributed by atoms with E-state index in [-0.39, 0.29) is 12.3 Å². The fourth-order valence-electron chi connectivity index (χ4n) is 2.89. The Bertz CT molecular complexity index is 753. The zero-order chi connectivity index (χ0) is 16.4. The van der Waals surface area contributed by atoms with Gasteiger partial charge in [-0.15, -0.1) is 0 Å². The molecule has 1 saturated heterocycles. The van der Waals surface area contributed by atoms with E-state index in [0.29, 0.717) is 17.9 Å². The first-order valence-electron chi connectivity index (χ1n) is 7.38. The fourth-order valence-corrected chi connectivity index (χ4v) is 4.25. The Labute approximate surface area is 142 Å². The maximum Gasteiger partial charge on any atom is 0.329 e. The minimum absolute atomic E-state index is 0.127. The third kappa shape index (κ3) is 3.33. The molecule has 1 aliphatic rings. The Morgan fingerprint density at radius 3 is 2.78 bits per heavy atom. The monoisotopic (exact) mass is 352 g/mol. The van der Waals surface area contributed by atoms with Crippen molar-refractivity contribution < 1.29 is 14.7 Å². The molecule has 7 heteroatoms. The van der Waals surface area contributed by atoms with Gasteiger partial charge in [-0.3, -0.25) is 4.79 Å². The molecule has 1 amide bonds. The molecule has 1 aliphatic heterocycles. The maximum absolute atomic E-state index is 12.4. The normalized spacial score (nSPS) is 17.1. The van der Waals surface area contributed by atoms with Gasteiger partial charge in [0.1, 0.15) is 5.54 Å². The SMILES string of the molecule is O=C(Cc1c[nH]c2ccc(Cl)cc12)NC1(C(=O)O)CCSCC1. The highest BCUT2D eigenvalue weighted by Gasteiger charge is 2.41. The van der Waals surface area contributed by atoms with Crippen LogP contribution in [0.2, 0.25) is 5.02 Å². The molecule has 1 aromatic carbocycles. The van der Waals surface area contributed by atoms with Crippen LogP contribution >= 0.6 is 23.4 Å². The van der Waals surface area contributed by atoms with Crippen molar-refractivity contribution in [2.75, 3.05) is 11.5 Å². The predicted octanol–water partition coefficient (Wildman–Crippen LogP) is 2.83. The van der Waals surface area contributed by atoms with E-state index in [4.69, 9.17) is 11.6 Å². The van der Waals surface area contributed by atoms with Crippen LogP contribution in [0.5, 0.6) is 0 Å². The standard InChI is InChI=1S/C16H17ClN2O3S/c17-11-1-2-13-12(8-11)10(9-18-13)7-14(20)19-16(15(21)22)3-5-23-6-4-16/h1-2,8-9,18H,3-7H2,(H,19,20)(H,21,22). The molecule has 0 bridgehead atoms. The van der Waals surface area contributed by atoms with Crippen molar-refractivity contribution in [1.29, 1.82) is 0 Å². The number of halogens is 1. The first-order valence-corrected chi connectivity index (χ1v) is 8.91. The molecule has 0 unspecified atom stereocenters. The molecular weight excluding hydrogens is 336 g/mol. The Morgan fingerprint density at radius 1 is 1.35 bits per heavy atom. The second-order valence-electron chi connectivity index (χ2n) is 5.73. The Hall–Kier alpha value is -1.66. The van der Waals surface area contributed by atoms with Gasteiger partial charge in [-0.2, -0.15) is 11.8 Å². The summed E-state index contributed by atoms with van der Waals surface area (Å²) in [6, 6.07) is 5.44. The van der Waals surface area contributed by atoms with Crippen LogP contribution in [0.15, 0.2) is 24.4 Å². The van der Waals surface area contributed by atoms with Gasteiger partial charge in [0.05, 0.1) is 6.42 Å². The molecule has 3 N–H and O–H groups in total. The van der Waals surface area contributed by atoms with Crippen LogP contribution in [0.25, 0.3) is 10.9 Å². The summed E-state index contributed by atoms with van der Waals surface area (Å²) < 4.78 is 0. The van der Waals surface area contributed by atoms with Crippen molar-refractivity contribution in [3.05, 3.63) is 35.0 Å². The van der Waals surface area contributed by atoms with Crippen LogP contribution < -0.4 is 5.32 Å². The van der Waals surface area contributed by atoms with Gasteiger partial charge in [0.25, 0.3) is 0 Å². The number of carboxylic acid groups (broad SMARTS) is 1. The average Bonchev–Trinajstić information content (AvgIpc) is 2.90. The van der Waals surface area contributed by atoms with Crippen molar-refractivity contribution in [2.24, 2.45) is 0 Å². The predicted molar refractivity (Wildman–Crippen MR) is 92.1 cm³/mol. The molecule has 2 aromatic rings. The van der Waals surface area contributed by atoms with Crippen molar-refractivity contribution in [1.82, 2.24) is 10.3 Å². The highest BCUT2D eigenvalue weighted by molar-refractivity contribution is 7.99. The van der Waals surface area contributed by atoms with E-state index in [1.807, 2.05) is 6.07 Å². The second kappa shape index (κ2) is 6.45. The summed E-state index contributed by atoms with van der Waals surface area (Å²) in [6.07, 6.45) is 2.81. The van der Waals surface area contributed by atoms with Crippen molar-refractivity contribution in [3.63, 3.8) is 0 Å². The van der Waals surface area contributed by atoms with E-state index in [9.17, 15) is 14.7 Å². The lowest BCUT2D eigenvalue weighted by Gasteiger charge is -2.33. The number of hydrogen-bond donors (Lipinski definition) is 3. The number of aliphatic carboxylic acids is 1. The quantitative estimate of drug-likeness (QED) is 0.790. The second-order valence-corrected chi connectivity index (χ2v) is 7.39. The number of hydrogen-bond acceptors (Lipinski definition) is 3. The number of benzene rings is 1. The minimum atomic E-state index is -1.13. The lowest BCUT2D eigenvalue weighted by molar-refractivity contribution is -0.148. The van der Waals surface area contributed by atoms with Crippen molar-refractivity contribution >= 4 is 46.1 Å². The summed E-state index contributed by atoms with van der Waals surface area (Å²) in [4.78, 5) is 27.1. The van der Waals surface area contributed by atoms with E-state index in [1.54, 1.807) is 30.1 Å².